The van der Waals surface area contributed by atoms with Gasteiger partial charge >= 0.3 is 5.97 Å². The van der Waals surface area contributed by atoms with Crippen molar-refractivity contribution in [1.29, 1.82) is 0 Å². The first-order valence-corrected chi connectivity index (χ1v) is 8.52. The quantitative estimate of drug-likeness (QED) is 0.803. The first-order chi connectivity index (χ1) is 9.50. The summed E-state index contributed by atoms with van der Waals surface area (Å²) in [5.74, 6) is -0.730. The maximum Gasteiger partial charge on any atom is 0.358 e. The summed E-state index contributed by atoms with van der Waals surface area (Å²) in [5.41, 5.74) is 1.21. The van der Waals surface area contributed by atoms with Crippen LogP contribution in [0.1, 0.15) is 23.3 Å². The molecule has 1 saturated heterocycles. The Hall–Kier alpha value is -1.03. The number of rotatable bonds is 4. The summed E-state index contributed by atoms with van der Waals surface area (Å²) < 4.78 is 31.2. The summed E-state index contributed by atoms with van der Waals surface area (Å²) in [6, 6.07) is 0.132. The molecule has 2 rings (SSSR count). The normalized spacial score (nSPS) is 20.8. The van der Waals surface area contributed by atoms with Crippen LogP contribution in [0.2, 0.25) is 0 Å². The molecule has 9 heteroatoms. The first-order valence-electron chi connectivity index (χ1n) is 6.20. The van der Waals surface area contributed by atoms with Gasteiger partial charge in [0.25, 0.3) is 10.0 Å². The molecule has 1 unspecified atom stereocenters. The Morgan fingerprint density at radius 3 is 3.00 bits per heavy atom. The Labute approximate surface area is 122 Å². The number of carbonyl (C=O) groups excluding carboxylic acids is 1. The zero-order chi connectivity index (χ0) is 14.8. The van der Waals surface area contributed by atoms with Gasteiger partial charge in [0.1, 0.15) is 0 Å². The average Bonchev–Trinajstić information content (AvgIpc) is 2.96. The molecule has 1 aromatic rings. The number of thiazole rings is 1. The van der Waals surface area contributed by atoms with Gasteiger partial charge in [-0.1, -0.05) is 0 Å². The van der Waals surface area contributed by atoms with Gasteiger partial charge < -0.3 is 10.1 Å². The number of methoxy groups -OCH3 is 1. The number of likely N-dealkylation sites (N-methyl/N-ethyl adjacent to an activating group) is 1. The SMILES string of the molecule is CNC1CCCN(S(=O)(=O)c2scnc2C(=O)OC)C1. The highest BCUT2D eigenvalue weighted by Crippen LogP contribution is 2.27. The van der Waals surface area contributed by atoms with E-state index in [-0.39, 0.29) is 15.9 Å². The summed E-state index contributed by atoms with van der Waals surface area (Å²) in [5, 5.41) is 3.09. The fourth-order valence-corrected chi connectivity index (χ4v) is 4.96. The maximum atomic E-state index is 12.6. The van der Waals surface area contributed by atoms with Gasteiger partial charge in [0.2, 0.25) is 0 Å². The highest BCUT2D eigenvalue weighted by molar-refractivity contribution is 7.91. The minimum atomic E-state index is -3.70. The molecular weight excluding hydrogens is 302 g/mol. The molecule has 7 nitrogen and oxygen atoms in total. The summed E-state index contributed by atoms with van der Waals surface area (Å²) in [7, 11) is -0.682. The van der Waals surface area contributed by atoms with Crippen molar-refractivity contribution in [2.75, 3.05) is 27.2 Å². The van der Waals surface area contributed by atoms with E-state index in [2.05, 4.69) is 15.0 Å². The van der Waals surface area contributed by atoms with Gasteiger partial charge in [-0.3, -0.25) is 0 Å². The second kappa shape index (κ2) is 6.17. The van der Waals surface area contributed by atoms with Gasteiger partial charge in [0.05, 0.1) is 12.6 Å². The van der Waals surface area contributed by atoms with Crippen LogP contribution in [0.4, 0.5) is 0 Å². The standard InChI is InChI=1S/C11H17N3O4S2/c1-12-8-4-3-5-14(6-8)20(16,17)11-9(10(15)18-2)13-7-19-11/h7-8,12H,3-6H2,1-2H3. The van der Waals surface area contributed by atoms with Gasteiger partial charge in [-0.25, -0.2) is 18.2 Å². The van der Waals surface area contributed by atoms with Crippen LogP contribution in [0.25, 0.3) is 0 Å². The Balaban J connectivity index is 2.31. The van der Waals surface area contributed by atoms with E-state index in [9.17, 15) is 13.2 Å². The zero-order valence-corrected chi connectivity index (χ0v) is 13.0. The molecule has 1 fully saturated rings. The number of sulfonamides is 1. The average molecular weight is 319 g/mol. The summed E-state index contributed by atoms with van der Waals surface area (Å²) >= 11 is 0.941. The van der Waals surface area contributed by atoms with E-state index in [0.717, 1.165) is 24.2 Å². The molecule has 0 spiro atoms. The molecule has 1 aliphatic rings. The molecule has 2 heterocycles. The van der Waals surface area contributed by atoms with Crippen molar-refractivity contribution < 1.29 is 17.9 Å². The lowest BCUT2D eigenvalue weighted by Gasteiger charge is -2.31. The van der Waals surface area contributed by atoms with Crippen molar-refractivity contribution in [3.63, 3.8) is 0 Å². The number of esters is 1. The molecule has 1 N–H and O–H groups in total. The summed E-state index contributed by atoms with van der Waals surface area (Å²) in [6.45, 7) is 0.858. The molecule has 0 radical (unpaired) electrons. The number of nitrogens with one attached hydrogen (secondary N) is 1. The minimum absolute atomic E-state index is 0.0406. The smallest absolute Gasteiger partial charge is 0.358 e. The minimum Gasteiger partial charge on any atom is -0.464 e. The molecule has 1 atom stereocenters. The molecule has 1 aliphatic heterocycles. The van der Waals surface area contributed by atoms with Gasteiger partial charge in [-0.05, 0) is 19.9 Å². The number of carbonyl (C=O) groups is 1. The number of hydrogen-bond donors (Lipinski definition) is 1. The second-order valence-corrected chi connectivity index (χ2v) is 7.46. The third kappa shape index (κ3) is 2.85. The predicted molar refractivity (Wildman–Crippen MR) is 74.3 cm³/mol. The van der Waals surface area contributed by atoms with Gasteiger partial charge in [-0.2, -0.15) is 4.31 Å². The van der Waals surface area contributed by atoms with Crippen LogP contribution >= 0.6 is 11.3 Å². The lowest BCUT2D eigenvalue weighted by molar-refractivity contribution is 0.0590. The van der Waals surface area contributed by atoms with E-state index in [1.54, 1.807) is 0 Å². The number of piperidine rings is 1. The highest BCUT2D eigenvalue weighted by Gasteiger charge is 2.34. The highest BCUT2D eigenvalue weighted by atomic mass is 32.2. The molecule has 0 amide bonds. The van der Waals surface area contributed by atoms with Crippen molar-refractivity contribution >= 4 is 27.3 Å². The lowest BCUT2D eigenvalue weighted by Crippen LogP contribution is -2.46. The van der Waals surface area contributed by atoms with E-state index in [1.165, 1.54) is 16.9 Å². The van der Waals surface area contributed by atoms with Gasteiger partial charge in [0, 0.05) is 19.1 Å². The maximum absolute atomic E-state index is 12.6. The van der Waals surface area contributed by atoms with E-state index < -0.39 is 16.0 Å². The molecule has 112 valence electrons. The molecule has 20 heavy (non-hydrogen) atoms. The fraction of sp³-hybridized carbons (Fsp3) is 0.636. The number of aromatic nitrogens is 1. The van der Waals surface area contributed by atoms with E-state index >= 15 is 0 Å². The molecule has 0 aliphatic carbocycles. The Morgan fingerprint density at radius 1 is 1.60 bits per heavy atom. The summed E-state index contributed by atoms with van der Waals surface area (Å²) in [4.78, 5) is 15.4. The van der Waals surface area contributed by atoms with Crippen molar-refractivity contribution in [1.82, 2.24) is 14.6 Å². The second-order valence-electron chi connectivity index (χ2n) is 4.47. The molecular formula is C11H17N3O4S2. The fourth-order valence-electron chi connectivity index (χ4n) is 2.16. The van der Waals surface area contributed by atoms with E-state index in [0.29, 0.717) is 13.1 Å². The molecule has 0 bridgehead atoms. The molecule has 0 saturated carbocycles. The predicted octanol–water partition coefficient (Wildman–Crippen LogP) is 0.302. The van der Waals surface area contributed by atoms with E-state index in [1.807, 2.05) is 7.05 Å². The number of ether oxygens (including phenoxy) is 1. The Morgan fingerprint density at radius 2 is 2.35 bits per heavy atom. The van der Waals surface area contributed by atoms with Crippen LogP contribution in [0.15, 0.2) is 9.72 Å². The van der Waals surface area contributed by atoms with Crippen LogP contribution in [0, 0.1) is 0 Å². The third-order valence-corrected chi connectivity index (χ3v) is 6.49. The number of nitrogens with zero attached hydrogens (tertiary/aromatic N) is 2. The van der Waals surface area contributed by atoms with Gasteiger partial charge in [0.15, 0.2) is 9.90 Å². The Bertz CT molecular complexity index is 584. The van der Waals surface area contributed by atoms with Crippen molar-refractivity contribution in [2.24, 2.45) is 0 Å². The topological polar surface area (TPSA) is 88.6 Å². The van der Waals surface area contributed by atoms with Crippen molar-refractivity contribution in [3.8, 4) is 0 Å². The van der Waals surface area contributed by atoms with Crippen LogP contribution in [-0.2, 0) is 14.8 Å². The largest absolute Gasteiger partial charge is 0.464 e. The van der Waals surface area contributed by atoms with Crippen LogP contribution in [-0.4, -0.2) is 57.0 Å². The van der Waals surface area contributed by atoms with Crippen LogP contribution in [0.5, 0.6) is 0 Å². The molecule has 1 aromatic heterocycles. The summed E-state index contributed by atoms with van der Waals surface area (Å²) in [6.07, 6.45) is 1.73. The third-order valence-electron chi connectivity index (χ3n) is 3.28. The lowest BCUT2D eigenvalue weighted by atomic mass is 10.1. The first kappa shape index (κ1) is 15.4. The van der Waals surface area contributed by atoms with Crippen molar-refractivity contribution in [3.05, 3.63) is 11.2 Å². The number of hydrogen-bond acceptors (Lipinski definition) is 7. The zero-order valence-electron chi connectivity index (χ0n) is 11.3. The van der Waals surface area contributed by atoms with Crippen molar-refractivity contribution in [2.45, 2.75) is 23.1 Å². The van der Waals surface area contributed by atoms with Gasteiger partial charge in [-0.15, -0.1) is 11.3 Å². The Kier molecular flexibility index (Phi) is 4.74. The van der Waals surface area contributed by atoms with E-state index in [4.69, 9.17) is 0 Å². The molecule has 0 aromatic carbocycles. The van der Waals surface area contributed by atoms with Crippen LogP contribution in [0.3, 0.4) is 0 Å². The monoisotopic (exact) mass is 319 g/mol. The van der Waals surface area contributed by atoms with Crippen LogP contribution < -0.4 is 5.32 Å².